The van der Waals surface area contributed by atoms with Gasteiger partial charge in [-0.15, -0.1) is 0 Å². The van der Waals surface area contributed by atoms with Gasteiger partial charge in [0.1, 0.15) is 0 Å². The van der Waals surface area contributed by atoms with Gasteiger partial charge in [-0.3, -0.25) is 0 Å². The Morgan fingerprint density at radius 3 is 1.33 bits per heavy atom. The minimum Gasteiger partial charge on any atom is -0.539 e. The molecule has 0 fully saturated rings. The molecule has 0 heterocycles. The molecule has 0 aliphatic rings. The Labute approximate surface area is 240 Å². The predicted molar refractivity (Wildman–Crippen MR) is 165 cm³/mol. The van der Waals surface area contributed by atoms with Crippen LogP contribution in [0.15, 0.2) is 6.07 Å². The minimum absolute atomic E-state index is 0.0745. The topological polar surface area (TPSA) is 9.23 Å². The summed E-state index contributed by atoms with van der Waals surface area (Å²) in [6, 6.07) is 3.15. The third-order valence-corrected chi connectivity index (χ3v) is 22.4. The Balaban J connectivity index is 2.82. The third kappa shape index (κ3) is 9.90. The molecule has 7 heteroatoms. The Kier molecular flexibility index (Phi) is 16.0. The van der Waals surface area contributed by atoms with Gasteiger partial charge in [-0.2, -0.15) is 8.78 Å². The molecule has 1 atom stereocenters. The van der Waals surface area contributed by atoms with E-state index in [1.807, 2.05) is 13.8 Å². The number of hydrogen-bond donors (Lipinski definition) is 0. The second-order valence-corrected chi connectivity index (χ2v) is 23.8. The zero-order valence-corrected chi connectivity index (χ0v) is 28.5. The zero-order valence-electron chi connectivity index (χ0n) is 26.5. The molecule has 0 radical (unpaired) electrons. The highest BCUT2D eigenvalue weighted by Gasteiger charge is 2.42. The van der Waals surface area contributed by atoms with Gasteiger partial charge >= 0.3 is 0 Å². The second kappa shape index (κ2) is 17.2. The van der Waals surface area contributed by atoms with Gasteiger partial charge in [-0.1, -0.05) is 149 Å². The predicted octanol–water partition coefficient (Wildman–Crippen LogP) is 12.6. The van der Waals surface area contributed by atoms with Crippen LogP contribution in [0.1, 0.15) is 127 Å². The fourth-order valence-electron chi connectivity index (χ4n) is 7.05. The van der Waals surface area contributed by atoms with E-state index < -0.39 is 45.4 Å². The van der Waals surface area contributed by atoms with Crippen molar-refractivity contribution in [3.05, 3.63) is 29.3 Å². The van der Waals surface area contributed by atoms with Crippen molar-refractivity contribution in [2.24, 2.45) is 0 Å². The van der Waals surface area contributed by atoms with Crippen LogP contribution in [-0.4, -0.2) is 16.4 Å². The Morgan fingerprint density at radius 1 is 0.564 bits per heavy atom. The van der Waals surface area contributed by atoms with E-state index in [2.05, 4.69) is 48.5 Å². The molecule has 0 N–H and O–H groups in total. The molecule has 39 heavy (non-hydrogen) atoms. The molecule has 0 bridgehead atoms. The van der Waals surface area contributed by atoms with Crippen LogP contribution in [0.2, 0.25) is 40.3 Å². The summed E-state index contributed by atoms with van der Waals surface area (Å²) >= 11 is 0. The van der Waals surface area contributed by atoms with Crippen LogP contribution in [0.3, 0.4) is 0 Å². The maximum atomic E-state index is 14.6. The van der Waals surface area contributed by atoms with Crippen LogP contribution in [0.5, 0.6) is 5.75 Å². The summed E-state index contributed by atoms with van der Waals surface area (Å²) in [5.41, 5.74) is 2.46. The number of benzene rings is 1. The number of hydrogen-bond acceptors (Lipinski definition) is 1. The van der Waals surface area contributed by atoms with Crippen LogP contribution in [0, 0.1) is 23.3 Å². The summed E-state index contributed by atoms with van der Waals surface area (Å²) in [5.74, 6) is -6.48. The fourth-order valence-corrected chi connectivity index (χ4v) is 17.8. The average Bonchev–Trinajstić information content (AvgIpc) is 2.85. The van der Waals surface area contributed by atoms with Crippen molar-refractivity contribution < 1.29 is 22.0 Å². The molecule has 0 aliphatic carbocycles. The van der Waals surface area contributed by atoms with Gasteiger partial charge in [0.05, 0.1) is 8.07 Å². The summed E-state index contributed by atoms with van der Waals surface area (Å²) in [5, 5.41) is 0. The highest BCUT2D eigenvalue weighted by atomic mass is 28.4. The van der Waals surface area contributed by atoms with Gasteiger partial charge in [0.2, 0.25) is 11.6 Å². The van der Waals surface area contributed by atoms with Crippen molar-refractivity contribution in [3.63, 3.8) is 0 Å². The summed E-state index contributed by atoms with van der Waals surface area (Å²) in [7, 11) is -4.06. The maximum absolute atomic E-state index is 14.6. The molecular formula is C32H58F4OSi2. The first-order chi connectivity index (χ1) is 18.3. The molecular weight excluding hydrogens is 533 g/mol. The van der Waals surface area contributed by atoms with Crippen LogP contribution in [0.4, 0.5) is 17.6 Å². The standard InChI is InChI=1S/C32H58F4OSi2/c1-10-11-12-17-20-38(24(2)3,37-32-30(35)28(33)23-29(34)31(32)36)21-18-15-13-14-16-19-22-39(25(4)5,26(6)7)27(8)9/h23-27H,10-22H2,1-9H3. The van der Waals surface area contributed by atoms with E-state index in [0.29, 0.717) is 0 Å². The highest BCUT2D eigenvalue weighted by molar-refractivity contribution is 6.83. The van der Waals surface area contributed by atoms with E-state index in [-0.39, 0.29) is 11.6 Å². The molecule has 1 unspecified atom stereocenters. The molecule has 1 aromatic carbocycles. The SMILES string of the molecule is CCCCCC[Si](CCCCCCCC[Si](C(C)C)(C(C)C)C(C)C)(Oc1c(F)c(F)cc(F)c1F)C(C)C. The molecule has 228 valence electrons. The van der Waals surface area contributed by atoms with Gasteiger partial charge in [0.15, 0.2) is 17.4 Å². The van der Waals surface area contributed by atoms with Gasteiger partial charge < -0.3 is 4.43 Å². The van der Waals surface area contributed by atoms with E-state index in [1.54, 1.807) is 0 Å². The zero-order chi connectivity index (χ0) is 29.8. The average molecular weight is 591 g/mol. The molecule has 1 nitrogen and oxygen atoms in total. The first kappa shape index (κ1) is 36.2. The van der Waals surface area contributed by atoms with Crippen molar-refractivity contribution in [3.8, 4) is 5.75 Å². The second-order valence-electron chi connectivity index (χ2n) is 13.1. The molecule has 0 saturated heterocycles. The number of rotatable bonds is 20. The highest BCUT2D eigenvalue weighted by Crippen LogP contribution is 2.45. The molecule has 1 aromatic rings. The lowest BCUT2D eigenvalue weighted by Gasteiger charge is -2.43. The third-order valence-electron chi connectivity index (χ3n) is 9.57. The van der Waals surface area contributed by atoms with E-state index >= 15 is 0 Å². The van der Waals surface area contributed by atoms with Crippen LogP contribution >= 0.6 is 0 Å². The van der Waals surface area contributed by atoms with E-state index in [1.165, 1.54) is 25.3 Å². The van der Waals surface area contributed by atoms with Gasteiger partial charge in [0.25, 0.3) is 8.32 Å². The van der Waals surface area contributed by atoms with Crippen LogP contribution < -0.4 is 4.43 Å². The van der Waals surface area contributed by atoms with Crippen molar-refractivity contribution in [2.45, 2.75) is 167 Å². The fraction of sp³-hybridized carbons (Fsp3) is 0.812. The largest absolute Gasteiger partial charge is 0.539 e. The summed E-state index contributed by atoms with van der Waals surface area (Å²) in [6.07, 6.45) is 11.0. The van der Waals surface area contributed by atoms with Crippen molar-refractivity contribution >= 4 is 16.4 Å². The molecule has 0 spiro atoms. The summed E-state index contributed by atoms with van der Waals surface area (Å²) in [4.78, 5) is 0. The molecule has 0 aliphatic heterocycles. The smallest absolute Gasteiger partial charge is 0.254 e. The monoisotopic (exact) mass is 590 g/mol. The lowest BCUT2D eigenvalue weighted by Crippen LogP contribution is -2.45. The van der Waals surface area contributed by atoms with E-state index in [0.717, 1.165) is 73.7 Å². The first-order valence-corrected chi connectivity index (χ1v) is 20.6. The van der Waals surface area contributed by atoms with Gasteiger partial charge in [-0.25, -0.2) is 8.78 Å². The van der Waals surface area contributed by atoms with Crippen molar-refractivity contribution in [1.82, 2.24) is 0 Å². The van der Waals surface area contributed by atoms with Crippen molar-refractivity contribution in [2.75, 3.05) is 0 Å². The first-order valence-electron chi connectivity index (χ1n) is 15.8. The van der Waals surface area contributed by atoms with E-state index in [9.17, 15) is 17.6 Å². The molecule has 0 amide bonds. The van der Waals surface area contributed by atoms with Crippen LogP contribution in [0.25, 0.3) is 0 Å². The van der Waals surface area contributed by atoms with Crippen molar-refractivity contribution in [1.29, 1.82) is 0 Å². The van der Waals surface area contributed by atoms with Gasteiger partial charge in [-0.05, 0) is 17.6 Å². The lowest BCUT2D eigenvalue weighted by atomic mass is 10.1. The number of halogens is 4. The molecule has 1 rings (SSSR count). The maximum Gasteiger partial charge on any atom is 0.254 e. The van der Waals surface area contributed by atoms with Crippen LogP contribution in [-0.2, 0) is 0 Å². The number of unbranched alkanes of at least 4 members (excludes halogenated alkanes) is 8. The summed E-state index contributed by atoms with van der Waals surface area (Å²) in [6.45, 7) is 20.8. The Hall–Kier alpha value is -0.826. The Morgan fingerprint density at radius 2 is 0.949 bits per heavy atom. The summed E-state index contributed by atoms with van der Waals surface area (Å²) < 4.78 is 63.2. The quantitative estimate of drug-likeness (QED) is 0.0635. The van der Waals surface area contributed by atoms with Gasteiger partial charge in [0, 0.05) is 6.07 Å². The minimum atomic E-state index is -2.72. The Bertz CT molecular complexity index is 796. The molecule has 0 saturated carbocycles. The normalized spacial score (nSPS) is 14.2. The lowest BCUT2D eigenvalue weighted by molar-refractivity contribution is 0.379. The van der Waals surface area contributed by atoms with E-state index in [4.69, 9.17) is 4.43 Å². The molecule has 0 aromatic heterocycles.